The second kappa shape index (κ2) is 5.84. The molecule has 0 bridgehead atoms. The molecule has 2 rings (SSSR count). The van der Waals surface area contributed by atoms with Crippen molar-refractivity contribution in [3.05, 3.63) is 52.5 Å². The highest BCUT2D eigenvalue weighted by atomic mass is 35.5. The van der Waals surface area contributed by atoms with Gasteiger partial charge in [0.05, 0.1) is 5.69 Å². The number of amides is 2. The Labute approximate surface area is 122 Å². The summed E-state index contributed by atoms with van der Waals surface area (Å²) in [7, 11) is 0. The van der Waals surface area contributed by atoms with Crippen LogP contribution < -0.4 is 16.4 Å². The van der Waals surface area contributed by atoms with Crippen LogP contribution in [0.4, 0.5) is 21.9 Å². The molecule has 4 nitrogen and oxygen atoms in total. The summed E-state index contributed by atoms with van der Waals surface area (Å²) >= 11 is 5.79. The lowest BCUT2D eigenvalue weighted by Crippen LogP contribution is -2.20. The molecule has 0 saturated heterocycles. The molecule has 0 unspecified atom stereocenters. The van der Waals surface area contributed by atoms with Crippen LogP contribution in [-0.4, -0.2) is 6.03 Å². The Morgan fingerprint density at radius 3 is 2.35 bits per heavy atom. The number of hydrogen-bond acceptors (Lipinski definition) is 2. The van der Waals surface area contributed by atoms with E-state index in [2.05, 4.69) is 10.6 Å². The molecule has 0 spiro atoms. The number of urea groups is 1. The number of hydrogen-bond donors (Lipinski definition) is 3. The van der Waals surface area contributed by atoms with Crippen LogP contribution in [0.25, 0.3) is 0 Å². The first-order valence-electron chi connectivity index (χ1n) is 6.16. The highest BCUT2D eigenvalue weighted by Gasteiger charge is 2.09. The van der Waals surface area contributed by atoms with Gasteiger partial charge in [-0.1, -0.05) is 17.7 Å². The summed E-state index contributed by atoms with van der Waals surface area (Å²) in [5.74, 6) is 0. The molecule has 5 heteroatoms. The maximum atomic E-state index is 12.0. The number of carbonyl (C=O) groups excluding carboxylic acids is 1. The van der Waals surface area contributed by atoms with Crippen LogP contribution >= 0.6 is 11.6 Å². The zero-order valence-electron chi connectivity index (χ0n) is 11.3. The number of carbonyl (C=O) groups is 1. The summed E-state index contributed by atoms with van der Waals surface area (Å²) in [4.78, 5) is 12.0. The van der Waals surface area contributed by atoms with Crippen molar-refractivity contribution in [2.75, 3.05) is 16.4 Å². The maximum Gasteiger partial charge on any atom is 0.323 e. The molecule has 0 aliphatic heterocycles. The third-order valence-corrected chi connectivity index (χ3v) is 3.31. The lowest BCUT2D eigenvalue weighted by atomic mass is 10.1. The Balaban J connectivity index is 2.12. The van der Waals surface area contributed by atoms with Gasteiger partial charge in [-0.05, 0) is 55.3 Å². The van der Waals surface area contributed by atoms with Crippen molar-refractivity contribution >= 4 is 34.7 Å². The first-order valence-corrected chi connectivity index (χ1v) is 6.54. The van der Waals surface area contributed by atoms with E-state index < -0.39 is 0 Å². The molecule has 0 aromatic heterocycles. The SMILES string of the molecule is Cc1ccc(N)c(C)c1NC(=O)Nc1ccc(Cl)cc1. The average Bonchev–Trinajstić information content (AvgIpc) is 2.42. The van der Waals surface area contributed by atoms with Crippen LogP contribution in [0.3, 0.4) is 0 Å². The molecule has 0 fully saturated rings. The summed E-state index contributed by atoms with van der Waals surface area (Å²) in [5.41, 5.74) is 9.72. The van der Waals surface area contributed by atoms with Gasteiger partial charge in [0.15, 0.2) is 0 Å². The number of rotatable bonds is 2. The summed E-state index contributed by atoms with van der Waals surface area (Å²) in [6.45, 7) is 3.80. The van der Waals surface area contributed by atoms with Gasteiger partial charge in [0.25, 0.3) is 0 Å². The van der Waals surface area contributed by atoms with Crippen molar-refractivity contribution in [2.24, 2.45) is 0 Å². The summed E-state index contributed by atoms with van der Waals surface area (Å²) in [6.07, 6.45) is 0. The minimum absolute atomic E-state index is 0.316. The largest absolute Gasteiger partial charge is 0.398 e. The normalized spacial score (nSPS) is 10.2. The third kappa shape index (κ3) is 3.22. The van der Waals surface area contributed by atoms with Crippen LogP contribution in [-0.2, 0) is 0 Å². The van der Waals surface area contributed by atoms with Gasteiger partial charge in [-0.3, -0.25) is 0 Å². The fourth-order valence-electron chi connectivity index (χ4n) is 1.86. The van der Waals surface area contributed by atoms with E-state index in [4.69, 9.17) is 17.3 Å². The van der Waals surface area contributed by atoms with E-state index >= 15 is 0 Å². The third-order valence-electron chi connectivity index (χ3n) is 3.06. The Morgan fingerprint density at radius 2 is 1.70 bits per heavy atom. The smallest absolute Gasteiger partial charge is 0.323 e. The maximum absolute atomic E-state index is 12.0. The number of anilines is 3. The van der Waals surface area contributed by atoms with E-state index in [1.807, 2.05) is 26.0 Å². The fraction of sp³-hybridized carbons (Fsp3) is 0.133. The van der Waals surface area contributed by atoms with E-state index in [9.17, 15) is 4.79 Å². The van der Waals surface area contributed by atoms with Gasteiger partial charge < -0.3 is 16.4 Å². The monoisotopic (exact) mass is 289 g/mol. The molecular weight excluding hydrogens is 274 g/mol. The van der Waals surface area contributed by atoms with Crippen molar-refractivity contribution in [1.82, 2.24) is 0 Å². The molecule has 2 aromatic carbocycles. The van der Waals surface area contributed by atoms with Crippen molar-refractivity contribution < 1.29 is 4.79 Å². The van der Waals surface area contributed by atoms with E-state index in [-0.39, 0.29) is 6.03 Å². The molecule has 4 N–H and O–H groups in total. The zero-order chi connectivity index (χ0) is 14.7. The van der Waals surface area contributed by atoms with Crippen LogP contribution in [0.5, 0.6) is 0 Å². The summed E-state index contributed by atoms with van der Waals surface area (Å²) < 4.78 is 0. The molecule has 20 heavy (non-hydrogen) atoms. The van der Waals surface area contributed by atoms with Gasteiger partial charge in [0, 0.05) is 16.4 Å². The molecule has 0 saturated carbocycles. The van der Waals surface area contributed by atoms with E-state index in [0.717, 1.165) is 16.8 Å². The lowest BCUT2D eigenvalue weighted by molar-refractivity contribution is 0.262. The molecule has 2 aromatic rings. The standard InChI is InChI=1S/C15H16ClN3O/c1-9-3-8-13(17)10(2)14(9)19-15(20)18-12-6-4-11(16)5-7-12/h3-8H,17H2,1-2H3,(H2,18,19,20). The molecule has 0 aliphatic carbocycles. The molecule has 0 aliphatic rings. The quantitative estimate of drug-likeness (QED) is 0.726. The predicted molar refractivity (Wildman–Crippen MR) is 84.4 cm³/mol. The average molecular weight is 290 g/mol. The predicted octanol–water partition coefficient (Wildman–Crippen LogP) is 4.18. The minimum atomic E-state index is -0.316. The van der Waals surface area contributed by atoms with Gasteiger partial charge in [-0.15, -0.1) is 0 Å². The summed E-state index contributed by atoms with van der Waals surface area (Å²) in [5, 5.41) is 6.18. The molecule has 104 valence electrons. The van der Waals surface area contributed by atoms with Crippen LogP contribution in [0.1, 0.15) is 11.1 Å². The van der Waals surface area contributed by atoms with Gasteiger partial charge >= 0.3 is 6.03 Å². The number of halogens is 1. The van der Waals surface area contributed by atoms with Gasteiger partial charge in [0.2, 0.25) is 0 Å². The zero-order valence-corrected chi connectivity index (χ0v) is 12.1. The summed E-state index contributed by atoms with van der Waals surface area (Å²) in [6, 6.07) is 10.3. The van der Waals surface area contributed by atoms with E-state index in [0.29, 0.717) is 16.4 Å². The molecule has 0 atom stereocenters. The number of nitrogens with one attached hydrogen (secondary N) is 2. The van der Waals surface area contributed by atoms with Crippen molar-refractivity contribution in [3.63, 3.8) is 0 Å². The molecule has 2 amide bonds. The van der Waals surface area contributed by atoms with E-state index in [1.54, 1.807) is 24.3 Å². The van der Waals surface area contributed by atoms with E-state index in [1.165, 1.54) is 0 Å². The van der Waals surface area contributed by atoms with Crippen molar-refractivity contribution in [2.45, 2.75) is 13.8 Å². The Kier molecular flexibility index (Phi) is 4.15. The number of benzene rings is 2. The van der Waals surface area contributed by atoms with Crippen LogP contribution in [0, 0.1) is 13.8 Å². The first kappa shape index (κ1) is 14.2. The molecule has 0 heterocycles. The highest BCUT2D eigenvalue weighted by molar-refractivity contribution is 6.30. The fourth-order valence-corrected chi connectivity index (χ4v) is 1.99. The number of nitrogens with two attached hydrogens (primary N) is 1. The first-order chi connectivity index (χ1) is 9.47. The number of nitrogen functional groups attached to an aromatic ring is 1. The molecular formula is C15H16ClN3O. The van der Waals surface area contributed by atoms with Gasteiger partial charge in [-0.25, -0.2) is 4.79 Å². The van der Waals surface area contributed by atoms with Crippen LogP contribution in [0.15, 0.2) is 36.4 Å². The van der Waals surface area contributed by atoms with Crippen LogP contribution in [0.2, 0.25) is 5.02 Å². The van der Waals surface area contributed by atoms with Gasteiger partial charge in [-0.2, -0.15) is 0 Å². The van der Waals surface area contributed by atoms with Crippen molar-refractivity contribution in [1.29, 1.82) is 0 Å². The van der Waals surface area contributed by atoms with Gasteiger partial charge in [0.1, 0.15) is 0 Å². The lowest BCUT2D eigenvalue weighted by Gasteiger charge is -2.14. The van der Waals surface area contributed by atoms with Crippen molar-refractivity contribution in [3.8, 4) is 0 Å². The second-order valence-corrected chi connectivity index (χ2v) is 4.99. The second-order valence-electron chi connectivity index (χ2n) is 4.56. The highest BCUT2D eigenvalue weighted by Crippen LogP contribution is 2.25. The Morgan fingerprint density at radius 1 is 1.05 bits per heavy atom. The number of aryl methyl sites for hydroxylation is 1. The Hall–Kier alpha value is -2.20. The molecule has 0 radical (unpaired) electrons. The minimum Gasteiger partial charge on any atom is -0.398 e. The topological polar surface area (TPSA) is 67.1 Å². The Bertz CT molecular complexity index is 638.